The highest BCUT2D eigenvalue weighted by atomic mass is 16.5. The smallest absolute Gasteiger partial charge is 0.338 e. The number of Topliss-reactive ketones (excluding diaryl/α,β-unsaturated/α-hetero) is 1. The third kappa shape index (κ3) is 3.70. The first-order chi connectivity index (χ1) is 14.5. The summed E-state index contributed by atoms with van der Waals surface area (Å²) in [5.74, 6) is 0.708. The highest BCUT2D eigenvalue weighted by Crippen LogP contribution is 2.23. The van der Waals surface area contributed by atoms with Crippen LogP contribution >= 0.6 is 0 Å². The third-order valence-corrected chi connectivity index (χ3v) is 5.18. The molecule has 4 rings (SSSR count). The maximum atomic E-state index is 12.6. The second kappa shape index (κ2) is 8.10. The summed E-state index contributed by atoms with van der Waals surface area (Å²) in [5, 5.41) is 0.491. The van der Waals surface area contributed by atoms with Crippen molar-refractivity contribution < 1.29 is 19.1 Å². The van der Waals surface area contributed by atoms with E-state index in [9.17, 15) is 14.4 Å². The summed E-state index contributed by atoms with van der Waals surface area (Å²) in [6, 6.07) is 9.85. The van der Waals surface area contributed by atoms with Crippen molar-refractivity contribution in [1.29, 1.82) is 0 Å². The molecule has 3 aromatic rings. The van der Waals surface area contributed by atoms with Crippen LogP contribution in [0.15, 0.2) is 41.2 Å². The van der Waals surface area contributed by atoms with Crippen LogP contribution in [0.5, 0.6) is 5.75 Å². The Morgan fingerprint density at radius 2 is 1.93 bits per heavy atom. The summed E-state index contributed by atoms with van der Waals surface area (Å²) >= 11 is 0. The molecule has 0 N–H and O–H groups in total. The van der Waals surface area contributed by atoms with Gasteiger partial charge in [-0.25, -0.2) is 9.78 Å². The lowest BCUT2D eigenvalue weighted by Crippen LogP contribution is -2.21. The maximum absolute atomic E-state index is 12.6. The fourth-order valence-corrected chi connectivity index (χ4v) is 3.64. The SMILES string of the molecule is CCOc1ccc(C(C)=O)cc1COC(=O)c1ccc2c(=O)n3c(nc2c1)CCC3. The van der Waals surface area contributed by atoms with E-state index in [4.69, 9.17) is 9.47 Å². The Morgan fingerprint density at radius 1 is 1.13 bits per heavy atom. The van der Waals surface area contributed by atoms with E-state index in [1.807, 2.05) is 6.92 Å². The van der Waals surface area contributed by atoms with Crippen LogP contribution in [0, 0.1) is 0 Å². The van der Waals surface area contributed by atoms with Gasteiger partial charge in [0.1, 0.15) is 18.2 Å². The molecule has 1 aliphatic rings. The van der Waals surface area contributed by atoms with E-state index < -0.39 is 5.97 Å². The van der Waals surface area contributed by atoms with Gasteiger partial charge >= 0.3 is 5.97 Å². The van der Waals surface area contributed by atoms with Gasteiger partial charge in [-0.2, -0.15) is 0 Å². The lowest BCUT2D eigenvalue weighted by molar-refractivity contribution is 0.0470. The van der Waals surface area contributed by atoms with Gasteiger partial charge in [-0.05, 0) is 56.7 Å². The predicted molar refractivity (Wildman–Crippen MR) is 111 cm³/mol. The molecule has 7 heteroatoms. The predicted octanol–water partition coefficient (Wildman–Crippen LogP) is 3.30. The Kier molecular flexibility index (Phi) is 5.35. The third-order valence-electron chi connectivity index (χ3n) is 5.18. The molecule has 30 heavy (non-hydrogen) atoms. The lowest BCUT2D eigenvalue weighted by atomic mass is 10.1. The molecule has 154 valence electrons. The summed E-state index contributed by atoms with van der Waals surface area (Å²) in [4.78, 5) is 41.4. The molecular formula is C23H22N2O5. The first kappa shape index (κ1) is 19.8. The van der Waals surface area contributed by atoms with Crippen molar-refractivity contribution in [2.24, 2.45) is 0 Å². The maximum Gasteiger partial charge on any atom is 0.338 e. The van der Waals surface area contributed by atoms with Crippen molar-refractivity contribution in [3.05, 3.63) is 69.3 Å². The molecule has 7 nitrogen and oxygen atoms in total. The standard InChI is InChI=1S/C23H22N2O5/c1-3-29-20-9-7-15(14(2)26)11-17(20)13-30-23(28)16-6-8-18-19(12-16)24-21-5-4-10-25(21)22(18)27/h6-9,11-12H,3-5,10,13H2,1-2H3. The fourth-order valence-electron chi connectivity index (χ4n) is 3.64. The number of aromatic nitrogens is 2. The molecule has 0 radical (unpaired) electrons. The quantitative estimate of drug-likeness (QED) is 0.461. The number of hydrogen-bond donors (Lipinski definition) is 0. The number of ketones is 1. The van der Waals surface area contributed by atoms with Crippen molar-refractivity contribution in [3.8, 4) is 5.75 Å². The van der Waals surface area contributed by atoms with Gasteiger partial charge in [-0.3, -0.25) is 14.2 Å². The zero-order valence-corrected chi connectivity index (χ0v) is 16.9. The number of carbonyl (C=O) groups excluding carboxylic acids is 2. The molecule has 2 heterocycles. The Balaban J connectivity index is 1.58. The van der Waals surface area contributed by atoms with Crippen LogP contribution in [-0.4, -0.2) is 27.9 Å². The number of ether oxygens (including phenoxy) is 2. The number of fused-ring (bicyclic) bond motifs is 2. The molecule has 0 spiro atoms. The molecule has 0 saturated carbocycles. The highest BCUT2D eigenvalue weighted by Gasteiger charge is 2.18. The summed E-state index contributed by atoms with van der Waals surface area (Å²) < 4.78 is 12.7. The largest absolute Gasteiger partial charge is 0.493 e. The van der Waals surface area contributed by atoms with Crippen molar-refractivity contribution in [1.82, 2.24) is 9.55 Å². The minimum Gasteiger partial charge on any atom is -0.493 e. The lowest BCUT2D eigenvalue weighted by Gasteiger charge is -2.12. The van der Waals surface area contributed by atoms with Crippen molar-refractivity contribution in [2.45, 2.75) is 39.8 Å². The Labute approximate surface area is 173 Å². The molecule has 0 atom stereocenters. The van der Waals surface area contributed by atoms with Crippen LogP contribution in [0.4, 0.5) is 0 Å². The van der Waals surface area contributed by atoms with Crippen LogP contribution in [-0.2, 0) is 24.3 Å². The van der Waals surface area contributed by atoms with Gasteiger partial charge < -0.3 is 9.47 Å². The molecule has 1 aromatic heterocycles. The Bertz CT molecular complexity index is 1210. The fraction of sp³-hybridized carbons (Fsp3) is 0.304. The van der Waals surface area contributed by atoms with Crippen LogP contribution < -0.4 is 10.3 Å². The normalized spacial score (nSPS) is 12.6. The molecule has 0 unspecified atom stereocenters. The van der Waals surface area contributed by atoms with E-state index in [1.54, 1.807) is 41.0 Å². The molecule has 0 aliphatic carbocycles. The number of hydrogen-bond acceptors (Lipinski definition) is 6. The average Bonchev–Trinajstić information content (AvgIpc) is 3.21. The van der Waals surface area contributed by atoms with Gasteiger partial charge in [0.25, 0.3) is 5.56 Å². The van der Waals surface area contributed by atoms with E-state index in [0.717, 1.165) is 18.7 Å². The van der Waals surface area contributed by atoms with Gasteiger partial charge in [-0.1, -0.05) is 0 Å². The molecular weight excluding hydrogens is 384 g/mol. The van der Waals surface area contributed by atoms with Crippen molar-refractivity contribution in [3.63, 3.8) is 0 Å². The number of nitrogens with zero attached hydrogens (tertiary/aromatic N) is 2. The first-order valence-corrected chi connectivity index (χ1v) is 9.95. The molecule has 0 bridgehead atoms. The van der Waals surface area contributed by atoms with Crippen LogP contribution in [0.25, 0.3) is 10.9 Å². The van der Waals surface area contributed by atoms with E-state index in [2.05, 4.69) is 4.98 Å². The molecule has 1 aliphatic heterocycles. The number of rotatable bonds is 6. The first-order valence-electron chi connectivity index (χ1n) is 9.95. The van der Waals surface area contributed by atoms with E-state index in [0.29, 0.717) is 46.5 Å². The van der Waals surface area contributed by atoms with Crippen molar-refractivity contribution >= 4 is 22.7 Å². The summed E-state index contributed by atoms with van der Waals surface area (Å²) in [6.45, 7) is 4.44. The van der Waals surface area contributed by atoms with E-state index in [1.165, 1.54) is 6.92 Å². The summed E-state index contributed by atoms with van der Waals surface area (Å²) in [7, 11) is 0. The highest BCUT2D eigenvalue weighted by molar-refractivity contribution is 5.95. The van der Waals surface area contributed by atoms with Crippen LogP contribution in [0.3, 0.4) is 0 Å². The topological polar surface area (TPSA) is 87.5 Å². The van der Waals surface area contributed by atoms with Crippen LogP contribution in [0.2, 0.25) is 0 Å². The van der Waals surface area contributed by atoms with Gasteiger partial charge in [0.05, 0.1) is 23.1 Å². The Hall–Kier alpha value is -3.48. The van der Waals surface area contributed by atoms with Gasteiger partial charge in [-0.15, -0.1) is 0 Å². The van der Waals surface area contributed by atoms with Gasteiger partial charge in [0.2, 0.25) is 0 Å². The minimum atomic E-state index is -0.532. The molecule has 2 aromatic carbocycles. The summed E-state index contributed by atoms with van der Waals surface area (Å²) in [6.07, 6.45) is 1.65. The molecule has 0 amide bonds. The van der Waals surface area contributed by atoms with Gasteiger partial charge in [0.15, 0.2) is 5.78 Å². The monoisotopic (exact) mass is 406 g/mol. The molecule has 0 saturated heterocycles. The van der Waals surface area contributed by atoms with E-state index in [-0.39, 0.29) is 17.9 Å². The number of esters is 1. The zero-order valence-electron chi connectivity index (χ0n) is 16.9. The molecule has 0 fully saturated rings. The van der Waals surface area contributed by atoms with Gasteiger partial charge in [0, 0.05) is 24.1 Å². The Morgan fingerprint density at radius 3 is 2.70 bits per heavy atom. The minimum absolute atomic E-state index is 0.0341. The summed E-state index contributed by atoms with van der Waals surface area (Å²) in [5.41, 5.74) is 1.88. The van der Waals surface area contributed by atoms with Crippen molar-refractivity contribution in [2.75, 3.05) is 6.61 Å². The second-order valence-corrected chi connectivity index (χ2v) is 7.21. The zero-order chi connectivity index (χ0) is 21.3. The van der Waals surface area contributed by atoms with E-state index >= 15 is 0 Å². The average molecular weight is 406 g/mol. The number of benzene rings is 2. The second-order valence-electron chi connectivity index (χ2n) is 7.21. The van der Waals surface area contributed by atoms with Crippen LogP contribution in [0.1, 0.15) is 52.4 Å². The number of aryl methyl sites for hydroxylation is 1. The number of carbonyl (C=O) groups is 2.